The fraction of sp³-hybridized carbons (Fsp3) is 0.632. The zero-order valence-corrected chi connectivity index (χ0v) is 17.4. The van der Waals surface area contributed by atoms with Crippen LogP contribution in [-0.2, 0) is 14.6 Å². The summed E-state index contributed by atoms with van der Waals surface area (Å²) in [4.78, 5) is 13.1. The second kappa shape index (κ2) is 7.06. The van der Waals surface area contributed by atoms with Crippen LogP contribution in [0.5, 0.6) is 0 Å². The molecule has 7 heteroatoms. The molecule has 1 spiro atoms. The molecule has 3 aliphatic rings. The maximum absolute atomic E-state index is 12.8. The normalized spacial score (nSPS) is 30.3. The molecule has 1 aliphatic heterocycles. The topological polar surface area (TPSA) is 63.2 Å². The summed E-state index contributed by atoms with van der Waals surface area (Å²) in [6.07, 6.45) is 6.98. The minimum Gasteiger partial charge on any atom is -0.326 e. The van der Waals surface area contributed by atoms with Crippen LogP contribution >= 0.6 is 23.5 Å². The number of benzene rings is 1. The number of carbonyl (C=O) groups is 1. The highest BCUT2D eigenvalue weighted by molar-refractivity contribution is 8.21. The van der Waals surface area contributed by atoms with Gasteiger partial charge in [-0.1, -0.05) is 6.42 Å². The average molecular weight is 412 g/mol. The van der Waals surface area contributed by atoms with Crippen LogP contribution in [0.25, 0.3) is 0 Å². The van der Waals surface area contributed by atoms with Gasteiger partial charge >= 0.3 is 0 Å². The maximum Gasteiger partial charge on any atom is 0.227 e. The van der Waals surface area contributed by atoms with Gasteiger partial charge in [-0.05, 0) is 61.8 Å². The van der Waals surface area contributed by atoms with Crippen molar-refractivity contribution in [2.45, 2.75) is 41.1 Å². The van der Waals surface area contributed by atoms with Crippen LogP contribution in [0.3, 0.4) is 0 Å². The van der Waals surface area contributed by atoms with E-state index in [2.05, 4.69) is 28.8 Å². The summed E-state index contributed by atoms with van der Waals surface area (Å²) in [5, 5.41) is 3.01. The van der Waals surface area contributed by atoms with E-state index in [1.165, 1.54) is 37.0 Å². The maximum atomic E-state index is 12.8. The second-order valence-electron chi connectivity index (χ2n) is 7.70. The molecule has 0 radical (unpaired) electrons. The molecule has 1 aromatic carbocycles. The molecule has 1 heterocycles. The van der Waals surface area contributed by atoms with Gasteiger partial charge in [0.05, 0.1) is 8.97 Å². The first kappa shape index (κ1) is 18.7. The Kier molecular flexibility index (Phi) is 5.07. The first-order chi connectivity index (χ1) is 12.4. The standard InChI is InChI=1S/C19H25NO3S3/c1-26(22,23)17-7-5-16(6-8-17)20-18(21)13-11-14-3-2-4-15(12-13)19(14)24-9-10-25-19/h5-8,13-15H,2-4,9-12H2,1H3,(H,20,21)/t13?,14-,15+. The lowest BCUT2D eigenvalue weighted by Gasteiger charge is -2.52. The monoisotopic (exact) mass is 411 g/mol. The zero-order chi connectivity index (χ0) is 18.4. The first-order valence-electron chi connectivity index (χ1n) is 9.27. The number of amides is 1. The Balaban J connectivity index is 1.45. The molecule has 142 valence electrons. The lowest BCUT2D eigenvalue weighted by molar-refractivity contribution is -0.122. The quantitative estimate of drug-likeness (QED) is 0.813. The Morgan fingerprint density at radius 2 is 1.65 bits per heavy atom. The molecular formula is C19H25NO3S3. The number of carbonyl (C=O) groups excluding carboxylic acids is 1. The Hall–Kier alpha value is -0.660. The van der Waals surface area contributed by atoms with E-state index in [4.69, 9.17) is 0 Å². The molecule has 2 aliphatic carbocycles. The minimum atomic E-state index is -3.21. The lowest BCUT2D eigenvalue weighted by atomic mass is 9.67. The van der Waals surface area contributed by atoms with Gasteiger partial charge in [-0.15, -0.1) is 23.5 Å². The molecule has 0 aromatic heterocycles. The molecule has 1 saturated heterocycles. The molecule has 4 rings (SSSR count). The fourth-order valence-corrected chi connectivity index (χ4v) is 9.42. The van der Waals surface area contributed by atoms with Gasteiger partial charge in [0.2, 0.25) is 5.91 Å². The van der Waals surface area contributed by atoms with Crippen molar-refractivity contribution in [1.82, 2.24) is 0 Å². The van der Waals surface area contributed by atoms with Crippen LogP contribution < -0.4 is 5.32 Å². The van der Waals surface area contributed by atoms with Gasteiger partial charge in [0.15, 0.2) is 9.84 Å². The number of hydrogen-bond acceptors (Lipinski definition) is 5. The third-order valence-corrected chi connectivity index (χ3v) is 11.2. The van der Waals surface area contributed by atoms with Crippen molar-refractivity contribution in [3.63, 3.8) is 0 Å². The smallest absolute Gasteiger partial charge is 0.227 e. The van der Waals surface area contributed by atoms with E-state index in [1.807, 2.05) is 0 Å². The predicted molar refractivity (Wildman–Crippen MR) is 109 cm³/mol. The van der Waals surface area contributed by atoms with Gasteiger partial charge < -0.3 is 5.32 Å². The molecule has 2 saturated carbocycles. The van der Waals surface area contributed by atoms with E-state index < -0.39 is 9.84 Å². The molecule has 1 amide bonds. The molecule has 1 aromatic rings. The van der Waals surface area contributed by atoms with Crippen LogP contribution in [0.15, 0.2) is 29.2 Å². The number of rotatable bonds is 3. The largest absolute Gasteiger partial charge is 0.326 e. The predicted octanol–water partition coefficient (Wildman–Crippen LogP) is 4.03. The summed E-state index contributed by atoms with van der Waals surface area (Å²) in [6, 6.07) is 6.48. The van der Waals surface area contributed by atoms with Crippen LogP contribution in [-0.4, -0.2) is 36.2 Å². The summed E-state index contributed by atoms with van der Waals surface area (Å²) in [6.45, 7) is 0. The van der Waals surface area contributed by atoms with E-state index in [1.54, 1.807) is 24.3 Å². The van der Waals surface area contributed by atoms with Crippen molar-refractivity contribution in [2.24, 2.45) is 17.8 Å². The number of thioether (sulfide) groups is 2. The second-order valence-corrected chi connectivity index (χ2v) is 12.7. The van der Waals surface area contributed by atoms with Crippen molar-refractivity contribution in [3.8, 4) is 0 Å². The molecule has 2 bridgehead atoms. The molecule has 1 unspecified atom stereocenters. The van der Waals surface area contributed by atoms with Crippen molar-refractivity contribution < 1.29 is 13.2 Å². The van der Waals surface area contributed by atoms with Crippen molar-refractivity contribution >= 4 is 45.0 Å². The summed E-state index contributed by atoms with van der Waals surface area (Å²) in [7, 11) is -3.21. The SMILES string of the molecule is CS(=O)(=O)c1ccc(NC(=O)C2C[C@H]3CCC[C@@H](C2)C32SCCS2)cc1. The molecule has 1 N–H and O–H groups in total. The van der Waals surface area contributed by atoms with Gasteiger partial charge in [0.25, 0.3) is 0 Å². The Morgan fingerprint density at radius 3 is 2.19 bits per heavy atom. The number of nitrogens with one attached hydrogen (secondary N) is 1. The van der Waals surface area contributed by atoms with Crippen molar-refractivity contribution in [2.75, 3.05) is 23.1 Å². The fourth-order valence-electron chi connectivity index (χ4n) is 4.85. The van der Waals surface area contributed by atoms with E-state index in [0.29, 0.717) is 21.6 Å². The van der Waals surface area contributed by atoms with Crippen LogP contribution in [0.1, 0.15) is 32.1 Å². The van der Waals surface area contributed by atoms with Crippen LogP contribution in [0.2, 0.25) is 0 Å². The van der Waals surface area contributed by atoms with Gasteiger partial charge in [-0.25, -0.2) is 8.42 Å². The van der Waals surface area contributed by atoms with Gasteiger partial charge in [0, 0.05) is 29.4 Å². The highest BCUT2D eigenvalue weighted by atomic mass is 32.2. The van der Waals surface area contributed by atoms with Crippen molar-refractivity contribution in [3.05, 3.63) is 24.3 Å². The van der Waals surface area contributed by atoms with Crippen LogP contribution in [0, 0.1) is 17.8 Å². The highest BCUT2D eigenvalue weighted by Crippen LogP contribution is 2.64. The van der Waals surface area contributed by atoms with Crippen LogP contribution in [0.4, 0.5) is 5.69 Å². The van der Waals surface area contributed by atoms with E-state index in [9.17, 15) is 13.2 Å². The Labute approximate surface area is 164 Å². The summed E-state index contributed by atoms with van der Waals surface area (Å²) in [5.41, 5.74) is 0.678. The molecule has 4 nitrogen and oxygen atoms in total. The third kappa shape index (κ3) is 3.42. The number of anilines is 1. The number of hydrogen-bond donors (Lipinski definition) is 1. The van der Waals surface area contributed by atoms with E-state index in [-0.39, 0.29) is 16.7 Å². The first-order valence-corrected chi connectivity index (χ1v) is 13.1. The number of sulfone groups is 1. The molecule has 3 fully saturated rings. The van der Waals surface area contributed by atoms with E-state index >= 15 is 0 Å². The van der Waals surface area contributed by atoms with Crippen molar-refractivity contribution in [1.29, 1.82) is 0 Å². The third-order valence-electron chi connectivity index (χ3n) is 6.04. The average Bonchev–Trinajstić information content (AvgIpc) is 3.04. The minimum absolute atomic E-state index is 0.0762. The summed E-state index contributed by atoms with van der Waals surface area (Å²) < 4.78 is 23.5. The molecule has 26 heavy (non-hydrogen) atoms. The van der Waals surface area contributed by atoms with Gasteiger partial charge in [0.1, 0.15) is 0 Å². The van der Waals surface area contributed by atoms with E-state index in [0.717, 1.165) is 12.8 Å². The summed E-state index contributed by atoms with van der Waals surface area (Å²) >= 11 is 4.31. The zero-order valence-electron chi connectivity index (χ0n) is 14.9. The Morgan fingerprint density at radius 1 is 1.08 bits per heavy atom. The summed E-state index contributed by atoms with van der Waals surface area (Å²) in [5.74, 6) is 3.97. The molecule has 3 atom stereocenters. The lowest BCUT2D eigenvalue weighted by Crippen LogP contribution is -2.48. The molecular weight excluding hydrogens is 386 g/mol. The van der Waals surface area contributed by atoms with Gasteiger partial charge in [-0.2, -0.15) is 0 Å². The van der Waals surface area contributed by atoms with Gasteiger partial charge in [-0.3, -0.25) is 4.79 Å². The highest BCUT2D eigenvalue weighted by Gasteiger charge is 2.55. The Bertz CT molecular complexity index is 769.